The normalized spacial score (nSPS) is 13.7. The van der Waals surface area contributed by atoms with Gasteiger partial charge in [0.2, 0.25) is 5.88 Å². The van der Waals surface area contributed by atoms with Crippen molar-refractivity contribution in [1.29, 1.82) is 0 Å². The van der Waals surface area contributed by atoms with Gasteiger partial charge >= 0.3 is 12.2 Å². The first-order chi connectivity index (χ1) is 15.8. The van der Waals surface area contributed by atoms with E-state index in [0.717, 1.165) is 22.4 Å². The summed E-state index contributed by atoms with van der Waals surface area (Å²) in [6.07, 6.45) is -1.36. The number of halogens is 4. The SMILES string of the molecule is O=C(Nc1cc(C(F)(F)F)[nH]n1)n1ccc2c(F)c(Oc3ncnc4c3CCNC4)ccc21. The van der Waals surface area contributed by atoms with Gasteiger partial charge in [0.15, 0.2) is 17.4 Å². The van der Waals surface area contributed by atoms with Gasteiger partial charge in [-0.3, -0.25) is 15.0 Å². The van der Waals surface area contributed by atoms with E-state index in [4.69, 9.17) is 4.74 Å². The molecule has 1 aromatic carbocycles. The molecule has 0 bridgehead atoms. The van der Waals surface area contributed by atoms with Crippen LogP contribution in [0.1, 0.15) is 17.0 Å². The van der Waals surface area contributed by atoms with Crippen molar-refractivity contribution in [3.8, 4) is 11.6 Å². The van der Waals surface area contributed by atoms with Crippen LogP contribution in [-0.2, 0) is 19.1 Å². The van der Waals surface area contributed by atoms with Crippen molar-refractivity contribution in [3.05, 3.63) is 59.6 Å². The van der Waals surface area contributed by atoms with Crippen LogP contribution >= 0.6 is 0 Å². The molecule has 1 aliphatic heterocycles. The number of hydrogen-bond donors (Lipinski definition) is 3. The van der Waals surface area contributed by atoms with Crippen LogP contribution < -0.4 is 15.4 Å². The summed E-state index contributed by atoms with van der Waals surface area (Å²) in [6, 6.07) is 4.04. The zero-order valence-electron chi connectivity index (χ0n) is 16.7. The monoisotopic (exact) mass is 461 g/mol. The fourth-order valence-electron chi connectivity index (χ4n) is 3.56. The van der Waals surface area contributed by atoms with E-state index in [1.54, 1.807) is 5.10 Å². The first-order valence-corrected chi connectivity index (χ1v) is 9.76. The molecule has 0 aliphatic carbocycles. The highest BCUT2D eigenvalue weighted by Crippen LogP contribution is 2.33. The number of hydrogen-bond acceptors (Lipinski definition) is 6. The number of aromatic nitrogens is 5. The molecule has 3 aromatic heterocycles. The Kier molecular flexibility index (Phi) is 4.96. The van der Waals surface area contributed by atoms with E-state index >= 15 is 4.39 Å². The maximum atomic E-state index is 15.2. The minimum atomic E-state index is -4.63. The second-order valence-electron chi connectivity index (χ2n) is 7.22. The Hall–Kier alpha value is -4.00. The van der Waals surface area contributed by atoms with Gasteiger partial charge in [-0.1, -0.05) is 0 Å². The van der Waals surface area contributed by atoms with Gasteiger partial charge in [0.05, 0.1) is 11.2 Å². The molecule has 0 unspecified atom stereocenters. The number of nitrogens with zero attached hydrogens (tertiary/aromatic N) is 4. The van der Waals surface area contributed by atoms with Crippen molar-refractivity contribution in [2.24, 2.45) is 0 Å². The van der Waals surface area contributed by atoms with Gasteiger partial charge in [0.25, 0.3) is 0 Å². The topological polar surface area (TPSA) is 110 Å². The average molecular weight is 461 g/mol. The number of ether oxygens (including phenoxy) is 1. The molecule has 0 saturated carbocycles. The lowest BCUT2D eigenvalue weighted by atomic mass is 10.1. The number of fused-ring (bicyclic) bond motifs is 2. The van der Waals surface area contributed by atoms with Crippen molar-refractivity contribution >= 4 is 22.8 Å². The van der Waals surface area contributed by atoms with Crippen LogP contribution in [-0.4, -0.2) is 37.3 Å². The molecule has 0 saturated heterocycles. The number of benzene rings is 1. The Morgan fingerprint density at radius 1 is 1.21 bits per heavy atom. The molecule has 1 amide bonds. The van der Waals surface area contributed by atoms with Gasteiger partial charge in [0.1, 0.15) is 12.0 Å². The van der Waals surface area contributed by atoms with Gasteiger partial charge in [-0.15, -0.1) is 0 Å². The minimum absolute atomic E-state index is 0.0813. The lowest BCUT2D eigenvalue weighted by molar-refractivity contribution is -0.141. The predicted octanol–water partition coefficient (Wildman–Crippen LogP) is 3.83. The van der Waals surface area contributed by atoms with Gasteiger partial charge in [-0.05, 0) is 31.2 Å². The molecule has 33 heavy (non-hydrogen) atoms. The van der Waals surface area contributed by atoms with Crippen molar-refractivity contribution in [3.63, 3.8) is 0 Å². The highest BCUT2D eigenvalue weighted by Gasteiger charge is 2.33. The van der Waals surface area contributed by atoms with E-state index in [9.17, 15) is 18.0 Å². The quantitative estimate of drug-likeness (QED) is 0.400. The van der Waals surface area contributed by atoms with Gasteiger partial charge in [-0.2, -0.15) is 18.3 Å². The summed E-state index contributed by atoms with van der Waals surface area (Å²) < 4.78 is 60.0. The molecule has 3 N–H and O–H groups in total. The molecular formula is C20H15F4N7O2. The Labute approximate surface area is 182 Å². The highest BCUT2D eigenvalue weighted by molar-refractivity contribution is 5.98. The Morgan fingerprint density at radius 2 is 2.06 bits per heavy atom. The third-order valence-corrected chi connectivity index (χ3v) is 5.15. The van der Waals surface area contributed by atoms with Crippen LogP contribution in [0.3, 0.4) is 0 Å². The van der Waals surface area contributed by atoms with Crippen molar-refractivity contribution < 1.29 is 27.1 Å². The van der Waals surface area contributed by atoms with E-state index in [1.807, 2.05) is 0 Å². The van der Waals surface area contributed by atoms with Crippen LogP contribution in [0.4, 0.5) is 28.2 Å². The maximum Gasteiger partial charge on any atom is 0.432 e. The number of alkyl halides is 3. The molecular weight excluding hydrogens is 446 g/mol. The third-order valence-electron chi connectivity index (χ3n) is 5.15. The lowest BCUT2D eigenvalue weighted by Crippen LogP contribution is -2.25. The third kappa shape index (κ3) is 3.86. The van der Waals surface area contributed by atoms with Gasteiger partial charge < -0.3 is 10.1 Å². The minimum Gasteiger partial charge on any atom is -0.436 e. The Bertz CT molecular complexity index is 1360. The molecule has 0 spiro atoms. The molecule has 4 aromatic rings. The molecule has 0 fully saturated rings. The molecule has 9 nitrogen and oxygen atoms in total. The number of rotatable bonds is 3. The number of carbonyl (C=O) groups is 1. The summed E-state index contributed by atoms with van der Waals surface area (Å²) in [5, 5.41) is 10.7. The average Bonchev–Trinajstić information content (AvgIpc) is 3.43. The summed E-state index contributed by atoms with van der Waals surface area (Å²) in [6.45, 7) is 1.28. The molecule has 4 heterocycles. The maximum absolute atomic E-state index is 15.2. The number of amides is 1. The smallest absolute Gasteiger partial charge is 0.432 e. The van der Waals surface area contributed by atoms with E-state index in [0.29, 0.717) is 19.0 Å². The summed E-state index contributed by atoms with van der Waals surface area (Å²) in [5.41, 5.74) is 0.663. The number of nitrogens with one attached hydrogen (secondary N) is 3. The Morgan fingerprint density at radius 3 is 2.85 bits per heavy atom. The number of aromatic amines is 1. The van der Waals surface area contributed by atoms with Crippen molar-refractivity contribution in [1.82, 2.24) is 30.0 Å². The van der Waals surface area contributed by atoms with Crippen LogP contribution in [0.2, 0.25) is 0 Å². The first-order valence-electron chi connectivity index (χ1n) is 9.76. The van der Waals surface area contributed by atoms with Crippen molar-refractivity contribution in [2.75, 3.05) is 11.9 Å². The second-order valence-corrected chi connectivity index (χ2v) is 7.22. The molecule has 1 aliphatic rings. The van der Waals surface area contributed by atoms with Crippen LogP contribution in [0.5, 0.6) is 11.6 Å². The van der Waals surface area contributed by atoms with E-state index in [1.165, 1.54) is 30.7 Å². The van der Waals surface area contributed by atoms with Gasteiger partial charge in [-0.25, -0.2) is 19.2 Å². The highest BCUT2D eigenvalue weighted by atomic mass is 19.4. The molecule has 0 radical (unpaired) electrons. The summed E-state index contributed by atoms with van der Waals surface area (Å²) in [4.78, 5) is 20.9. The summed E-state index contributed by atoms with van der Waals surface area (Å²) >= 11 is 0. The summed E-state index contributed by atoms with van der Waals surface area (Å²) in [5.74, 6) is -0.852. The first kappa shape index (κ1) is 20.9. The van der Waals surface area contributed by atoms with Crippen LogP contribution in [0.15, 0.2) is 36.8 Å². The zero-order chi connectivity index (χ0) is 23.2. The fourth-order valence-corrected chi connectivity index (χ4v) is 3.56. The van der Waals surface area contributed by atoms with Gasteiger partial charge in [0, 0.05) is 29.8 Å². The fraction of sp³-hybridized carbons (Fsp3) is 0.200. The number of H-pyrrole nitrogens is 1. The van der Waals surface area contributed by atoms with Crippen molar-refractivity contribution in [2.45, 2.75) is 19.1 Å². The molecule has 5 rings (SSSR count). The number of carbonyl (C=O) groups excluding carboxylic acids is 1. The van der Waals surface area contributed by atoms with Crippen LogP contribution in [0.25, 0.3) is 10.9 Å². The Balaban J connectivity index is 1.41. The molecule has 0 atom stereocenters. The van der Waals surface area contributed by atoms with E-state index in [2.05, 4.69) is 25.7 Å². The van der Waals surface area contributed by atoms with E-state index < -0.39 is 23.7 Å². The largest absolute Gasteiger partial charge is 0.436 e. The predicted molar refractivity (Wildman–Crippen MR) is 107 cm³/mol. The van der Waals surface area contributed by atoms with Crippen LogP contribution in [0, 0.1) is 5.82 Å². The second kappa shape index (κ2) is 7.85. The van der Waals surface area contributed by atoms with E-state index in [-0.39, 0.29) is 28.4 Å². The zero-order valence-corrected chi connectivity index (χ0v) is 16.7. The summed E-state index contributed by atoms with van der Waals surface area (Å²) in [7, 11) is 0. The molecule has 13 heteroatoms. The lowest BCUT2D eigenvalue weighted by Gasteiger charge is -2.18. The standard InChI is InChI=1S/C20H15F4N7O2/c21-17-11-4-6-31(19(32)28-16-7-15(29-30-16)20(22,23)24)13(11)1-2-14(17)33-18-10-3-5-25-8-12(10)26-9-27-18/h1-2,4,6-7,9,25H,3,5,8H2,(H2,28,29,30,32). The molecule has 170 valence electrons. The number of anilines is 1.